The molecule has 0 saturated heterocycles. The quantitative estimate of drug-likeness (QED) is 0.869. The molecule has 0 unspecified atom stereocenters. The summed E-state index contributed by atoms with van der Waals surface area (Å²) in [4.78, 5) is 16.5. The Labute approximate surface area is 97.9 Å². The van der Waals surface area contributed by atoms with Gasteiger partial charge in [0.05, 0.1) is 6.54 Å². The van der Waals surface area contributed by atoms with E-state index in [0.29, 0.717) is 10.9 Å². The SMILES string of the molecule is CN(CC(N)=O)c1ccnc2c(F)cccc12. The van der Waals surface area contributed by atoms with Gasteiger partial charge in [0.1, 0.15) is 11.3 Å². The highest BCUT2D eigenvalue weighted by Gasteiger charge is 2.10. The third-order valence-electron chi connectivity index (χ3n) is 2.50. The monoisotopic (exact) mass is 233 g/mol. The van der Waals surface area contributed by atoms with E-state index in [1.54, 1.807) is 30.1 Å². The zero-order valence-corrected chi connectivity index (χ0v) is 9.35. The van der Waals surface area contributed by atoms with Gasteiger partial charge in [0.2, 0.25) is 5.91 Å². The summed E-state index contributed by atoms with van der Waals surface area (Å²) in [5.41, 5.74) is 6.16. The van der Waals surface area contributed by atoms with Gasteiger partial charge in [-0.2, -0.15) is 0 Å². The number of hydrogen-bond acceptors (Lipinski definition) is 3. The summed E-state index contributed by atoms with van der Waals surface area (Å²) in [5.74, 6) is -0.814. The normalized spacial score (nSPS) is 10.5. The van der Waals surface area contributed by atoms with Crippen LogP contribution in [0.2, 0.25) is 0 Å². The predicted octanol–water partition coefficient (Wildman–Crippen LogP) is 1.30. The van der Waals surface area contributed by atoms with Gasteiger partial charge in [-0.15, -0.1) is 0 Å². The molecule has 0 aliphatic rings. The summed E-state index contributed by atoms with van der Waals surface area (Å²) in [6.07, 6.45) is 1.51. The van der Waals surface area contributed by atoms with Gasteiger partial charge < -0.3 is 10.6 Å². The van der Waals surface area contributed by atoms with E-state index in [-0.39, 0.29) is 12.4 Å². The summed E-state index contributed by atoms with van der Waals surface area (Å²) in [7, 11) is 1.73. The van der Waals surface area contributed by atoms with Gasteiger partial charge in [0, 0.05) is 24.3 Å². The number of likely N-dealkylation sites (N-methyl/N-ethyl adjacent to an activating group) is 1. The fraction of sp³-hybridized carbons (Fsp3) is 0.167. The number of para-hydroxylation sites is 1. The van der Waals surface area contributed by atoms with Crippen LogP contribution in [0.25, 0.3) is 10.9 Å². The Morgan fingerprint density at radius 1 is 1.47 bits per heavy atom. The van der Waals surface area contributed by atoms with E-state index in [0.717, 1.165) is 5.69 Å². The van der Waals surface area contributed by atoms with E-state index in [9.17, 15) is 9.18 Å². The molecule has 0 spiro atoms. The molecular weight excluding hydrogens is 221 g/mol. The van der Waals surface area contributed by atoms with Crippen LogP contribution in [0.5, 0.6) is 0 Å². The van der Waals surface area contributed by atoms with Crippen molar-refractivity contribution in [2.45, 2.75) is 0 Å². The zero-order valence-electron chi connectivity index (χ0n) is 9.35. The first-order valence-corrected chi connectivity index (χ1v) is 5.12. The maximum absolute atomic E-state index is 13.5. The number of nitrogens with zero attached hydrogens (tertiary/aromatic N) is 2. The molecular formula is C12H12FN3O. The van der Waals surface area contributed by atoms with Crippen molar-refractivity contribution in [3.8, 4) is 0 Å². The number of nitrogens with two attached hydrogens (primary N) is 1. The molecule has 1 aromatic heterocycles. The standard InChI is InChI=1S/C12H12FN3O/c1-16(7-11(14)17)10-5-6-15-12-8(10)3-2-4-9(12)13/h2-6H,7H2,1H3,(H2,14,17). The molecule has 0 bridgehead atoms. The Kier molecular flexibility index (Phi) is 2.91. The minimum atomic E-state index is -0.436. The average Bonchev–Trinajstić information content (AvgIpc) is 2.28. The van der Waals surface area contributed by atoms with Crippen LogP contribution in [0.15, 0.2) is 30.5 Å². The zero-order chi connectivity index (χ0) is 12.4. The molecule has 0 aliphatic carbocycles. The van der Waals surface area contributed by atoms with Crippen molar-refractivity contribution in [3.05, 3.63) is 36.3 Å². The molecule has 0 radical (unpaired) electrons. The minimum absolute atomic E-state index is 0.0790. The maximum Gasteiger partial charge on any atom is 0.236 e. The van der Waals surface area contributed by atoms with Crippen molar-refractivity contribution in [1.29, 1.82) is 0 Å². The summed E-state index contributed by atoms with van der Waals surface area (Å²) in [6, 6.07) is 6.46. The van der Waals surface area contributed by atoms with Crippen LogP contribution in [0, 0.1) is 5.82 Å². The Bertz CT molecular complexity index is 571. The number of primary amides is 1. The number of benzene rings is 1. The topological polar surface area (TPSA) is 59.2 Å². The summed E-state index contributed by atoms with van der Waals surface area (Å²) < 4.78 is 13.5. The van der Waals surface area contributed by atoms with Gasteiger partial charge in [-0.1, -0.05) is 12.1 Å². The van der Waals surface area contributed by atoms with Gasteiger partial charge in [0.15, 0.2) is 0 Å². The molecule has 2 aromatic rings. The highest BCUT2D eigenvalue weighted by molar-refractivity contribution is 5.93. The molecule has 4 nitrogen and oxygen atoms in total. The first-order valence-electron chi connectivity index (χ1n) is 5.12. The Hall–Kier alpha value is -2.17. The number of hydrogen-bond donors (Lipinski definition) is 1. The number of anilines is 1. The molecule has 0 fully saturated rings. The van der Waals surface area contributed by atoms with Gasteiger partial charge >= 0.3 is 0 Å². The summed E-state index contributed by atoms with van der Waals surface area (Å²) >= 11 is 0. The smallest absolute Gasteiger partial charge is 0.236 e. The second kappa shape index (κ2) is 4.37. The molecule has 17 heavy (non-hydrogen) atoms. The third-order valence-corrected chi connectivity index (χ3v) is 2.50. The van der Waals surface area contributed by atoms with Crippen LogP contribution >= 0.6 is 0 Å². The van der Waals surface area contributed by atoms with Gasteiger partial charge in [-0.25, -0.2) is 4.39 Å². The second-order valence-electron chi connectivity index (χ2n) is 3.79. The van der Waals surface area contributed by atoms with Crippen molar-refractivity contribution in [3.63, 3.8) is 0 Å². The highest BCUT2D eigenvalue weighted by atomic mass is 19.1. The molecule has 1 aromatic carbocycles. The average molecular weight is 233 g/mol. The Morgan fingerprint density at radius 3 is 2.94 bits per heavy atom. The molecule has 1 amide bonds. The fourth-order valence-electron chi connectivity index (χ4n) is 1.78. The number of amides is 1. The molecule has 0 atom stereocenters. The van der Waals surface area contributed by atoms with E-state index in [4.69, 9.17) is 5.73 Å². The minimum Gasteiger partial charge on any atom is -0.368 e. The summed E-state index contributed by atoms with van der Waals surface area (Å²) in [5, 5.41) is 0.663. The van der Waals surface area contributed by atoms with Crippen molar-refractivity contribution in [2.24, 2.45) is 5.73 Å². The number of rotatable bonds is 3. The Morgan fingerprint density at radius 2 is 2.24 bits per heavy atom. The first kappa shape index (κ1) is 11.3. The number of fused-ring (bicyclic) bond motifs is 1. The van der Waals surface area contributed by atoms with Crippen LogP contribution in [0.3, 0.4) is 0 Å². The molecule has 0 aliphatic heterocycles. The number of carbonyl (C=O) groups is 1. The maximum atomic E-state index is 13.5. The van der Waals surface area contributed by atoms with Crippen molar-refractivity contribution in [2.75, 3.05) is 18.5 Å². The molecule has 88 valence electrons. The summed E-state index contributed by atoms with van der Waals surface area (Å²) in [6.45, 7) is 0.0790. The number of carbonyl (C=O) groups excluding carboxylic acids is 1. The lowest BCUT2D eigenvalue weighted by molar-refractivity contribution is -0.116. The van der Waals surface area contributed by atoms with E-state index >= 15 is 0 Å². The van der Waals surface area contributed by atoms with E-state index in [2.05, 4.69) is 4.98 Å². The van der Waals surface area contributed by atoms with Crippen LogP contribution in [-0.2, 0) is 4.79 Å². The van der Waals surface area contributed by atoms with Crippen LogP contribution in [0.1, 0.15) is 0 Å². The molecule has 1 heterocycles. The lowest BCUT2D eigenvalue weighted by Crippen LogP contribution is -2.30. The lowest BCUT2D eigenvalue weighted by atomic mass is 10.1. The molecule has 5 heteroatoms. The number of pyridine rings is 1. The van der Waals surface area contributed by atoms with E-state index < -0.39 is 5.91 Å². The van der Waals surface area contributed by atoms with Crippen molar-refractivity contribution in [1.82, 2.24) is 4.98 Å². The third kappa shape index (κ3) is 2.18. The molecule has 2 N–H and O–H groups in total. The van der Waals surface area contributed by atoms with Gasteiger partial charge in [0.25, 0.3) is 0 Å². The number of halogens is 1. The fourth-order valence-corrected chi connectivity index (χ4v) is 1.78. The number of aromatic nitrogens is 1. The van der Waals surface area contributed by atoms with Gasteiger partial charge in [-0.05, 0) is 12.1 Å². The second-order valence-corrected chi connectivity index (χ2v) is 3.79. The van der Waals surface area contributed by atoms with E-state index in [1.807, 2.05) is 0 Å². The lowest BCUT2D eigenvalue weighted by Gasteiger charge is -2.19. The Balaban J connectivity index is 2.54. The van der Waals surface area contributed by atoms with E-state index in [1.165, 1.54) is 12.3 Å². The van der Waals surface area contributed by atoms with Crippen LogP contribution < -0.4 is 10.6 Å². The molecule has 2 rings (SSSR count). The van der Waals surface area contributed by atoms with Gasteiger partial charge in [-0.3, -0.25) is 9.78 Å². The highest BCUT2D eigenvalue weighted by Crippen LogP contribution is 2.25. The predicted molar refractivity (Wildman–Crippen MR) is 64.2 cm³/mol. The van der Waals surface area contributed by atoms with Crippen LogP contribution in [0.4, 0.5) is 10.1 Å². The van der Waals surface area contributed by atoms with Crippen molar-refractivity contribution >= 4 is 22.5 Å². The van der Waals surface area contributed by atoms with Crippen LogP contribution in [-0.4, -0.2) is 24.5 Å². The van der Waals surface area contributed by atoms with Crippen molar-refractivity contribution < 1.29 is 9.18 Å². The first-order chi connectivity index (χ1) is 8.09. The molecule has 0 saturated carbocycles. The largest absolute Gasteiger partial charge is 0.368 e.